The van der Waals surface area contributed by atoms with Crippen LogP contribution in [0.25, 0.3) is 0 Å². The Labute approximate surface area is 98.6 Å². The van der Waals surface area contributed by atoms with Crippen LogP contribution in [0.2, 0.25) is 0 Å². The van der Waals surface area contributed by atoms with Crippen molar-refractivity contribution in [3.8, 4) is 5.75 Å². The van der Waals surface area contributed by atoms with Crippen LogP contribution in [0, 0.1) is 5.82 Å². The molecule has 0 spiro atoms. The lowest BCUT2D eigenvalue weighted by molar-refractivity contribution is 0.307. The van der Waals surface area contributed by atoms with E-state index in [1.807, 2.05) is 6.92 Å². The summed E-state index contributed by atoms with van der Waals surface area (Å²) >= 11 is 0. The zero-order chi connectivity index (χ0) is 12.2. The fourth-order valence-electron chi connectivity index (χ4n) is 1.10. The SMILES string of the molecule is CCCCOc1ccc(S(=O)(=O)Cl)c(F)c1. The van der Waals surface area contributed by atoms with E-state index in [2.05, 4.69) is 0 Å². The highest BCUT2D eigenvalue weighted by atomic mass is 35.7. The first-order chi connectivity index (χ1) is 7.45. The first-order valence-electron chi connectivity index (χ1n) is 4.82. The summed E-state index contributed by atoms with van der Waals surface area (Å²) in [6.07, 6.45) is 1.83. The van der Waals surface area contributed by atoms with Crippen molar-refractivity contribution in [3.05, 3.63) is 24.0 Å². The molecule has 0 amide bonds. The number of unbranched alkanes of at least 4 members (excludes halogenated alkanes) is 1. The zero-order valence-electron chi connectivity index (χ0n) is 8.74. The molecule has 0 aromatic heterocycles. The Morgan fingerprint density at radius 2 is 2.12 bits per heavy atom. The summed E-state index contributed by atoms with van der Waals surface area (Å²) in [5, 5.41) is 0. The lowest BCUT2D eigenvalue weighted by atomic mass is 10.3. The first-order valence-corrected chi connectivity index (χ1v) is 7.13. The Hall–Kier alpha value is -0.810. The summed E-state index contributed by atoms with van der Waals surface area (Å²) in [5.74, 6) is -0.598. The van der Waals surface area contributed by atoms with E-state index in [4.69, 9.17) is 15.4 Å². The molecule has 0 saturated heterocycles. The highest BCUT2D eigenvalue weighted by Crippen LogP contribution is 2.23. The third kappa shape index (κ3) is 3.64. The second-order valence-electron chi connectivity index (χ2n) is 3.23. The van der Waals surface area contributed by atoms with E-state index in [0.29, 0.717) is 12.4 Å². The maximum absolute atomic E-state index is 13.3. The minimum Gasteiger partial charge on any atom is -0.493 e. The molecular weight excluding hydrogens is 255 g/mol. The molecule has 0 unspecified atom stereocenters. The smallest absolute Gasteiger partial charge is 0.264 e. The largest absolute Gasteiger partial charge is 0.493 e. The molecule has 0 atom stereocenters. The molecule has 0 aliphatic carbocycles. The Kier molecular flexibility index (Phi) is 4.56. The molecule has 16 heavy (non-hydrogen) atoms. The van der Waals surface area contributed by atoms with Gasteiger partial charge in [-0.3, -0.25) is 0 Å². The first kappa shape index (κ1) is 13.3. The van der Waals surface area contributed by atoms with Gasteiger partial charge in [0, 0.05) is 16.7 Å². The van der Waals surface area contributed by atoms with E-state index in [0.717, 1.165) is 25.0 Å². The predicted molar refractivity (Wildman–Crippen MR) is 59.8 cm³/mol. The summed E-state index contributed by atoms with van der Waals surface area (Å²) in [4.78, 5) is -0.531. The van der Waals surface area contributed by atoms with Gasteiger partial charge >= 0.3 is 0 Å². The Morgan fingerprint density at radius 3 is 2.62 bits per heavy atom. The van der Waals surface area contributed by atoms with Gasteiger partial charge in [0.1, 0.15) is 16.5 Å². The molecule has 0 aliphatic heterocycles. The molecule has 3 nitrogen and oxygen atoms in total. The number of hydrogen-bond acceptors (Lipinski definition) is 3. The monoisotopic (exact) mass is 266 g/mol. The number of hydrogen-bond donors (Lipinski definition) is 0. The van der Waals surface area contributed by atoms with Crippen molar-refractivity contribution in [2.75, 3.05) is 6.61 Å². The number of rotatable bonds is 5. The van der Waals surface area contributed by atoms with Gasteiger partial charge in [-0.2, -0.15) is 0 Å². The third-order valence-corrected chi connectivity index (χ3v) is 3.29. The third-order valence-electron chi connectivity index (χ3n) is 1.93. The summed E-state index contributed by atoms with van der Waals surface area (Å²) in [6, 6.07) is 3.50. The Balaban J connectivity index is 2.83. The average molecular weight is 267 g/mol. The lowest BCUT2D eigenvalue weighted by Gasteiger charge is -2.06. The average Bonchev–Trinajstić information content (AvgIpc) is 2.16. The Morgan fingerprint density at radius 1 is 1.44 bits per heavy atom. The van der Waals surface area contributed by atoms with Crippen molar-refractivity contribution in [3.63, 3.8) is 0 Å². The molecule has 90 valence electrons. The molecule has 0 N–H and O–H groups in total. The van der Waals surface area contributed by atoms with E-state index < -0.39 is 19.8 Å². The van der Waals surface area contributed by atoms with Crippen LogP contribution in [0.1, 0.15) is 19.8 Å². The van der Waals surface area contributed by atoms with Crippen LogP contribution < -0.4 is 4.74 Å². The maximum atomic E-state index is 13.3. The Bertz CT molecular complexity index is 459. The molecule has 1 rings (SSSR count). The molecule has 0 fully saturated rings. The molecule has 0 bridgehead atoms. The quantitative estimate of drug-likeness (QED) is 0.608. The molecule has 1 aromatic carbocycles. The van der Waals surface area contributed by atoms with E-state index in [9.17, 15) is 12.8 Å². The normalized spacial score (nSPS) is 11.4. The van der Waals surface area contributed by atoms with Crippen LogP contribution in [0.5, 0.6) is 5.75 Å². The molecule has 0 saturated carbocycles. The van der Waals surface area contributed by atoms with E-state index >= 15 is 0 Å². The minimum atomic E-state index is -4.03. The van der Waals surface area contributed by atoms with Crippen LogP contribution in [-0.2, 0) is 9.05 Å². The molecule has 6 heteroatoms. The fraction of sp³-hybridized carbons (Fsp3) is 0.400. The van der Waals surface area contributed by atoms with Gasteiger partial charge < -0.3 is 4.74 Å². The molecule has 1 aromatic rings. The summed E-state index contributed by atoms with van der Waals surface area (Å²) in [7, 11) is 1.00. The van der Waals surface area contributed by atoms with Crippen LogP contribution in [0.15, 0.2) is 23.1 Å². The van der Waals surface area contributed by atoms with Gasteiger partial charge in [0.2, 0.25) is 0 Å². The van der Waals surface area contributed by atoms with E-state index in [1.54, 1.807) is 0 Å². The molecule has 0 heterocycles. The van der Waals surface area contributed by atoms with E-state index in [-0.39, 0.29) is 0 Å². The number of halogens is 2. The van der Waals surface area contributed by atoms with Crippen molar-refractivity contribution in [1.82, 2.24) is 0 Å². The van der Waals surface area contributed by atoms with Gasteiger partial charge in [-0.25, -0.2) is 12.8 Å². The lowest BCUT2D eigenvalue weighted by Crippen LogP contribution is -1.99. The number of benzene rings is 1. The predicted octanol–water partition coefficient (Wildman–Crippen LogP) is 2.93. The van der Waals surface area contributed by atoms with Crippen molar-refractivity contribution in [2.24, 2.45) is 0 Å². The maximum Gasteiger partial charge on any atom is 0.264 e. The second kappa shape index (κ2) is 5.50. The summed E-state index contributed by atoms with van der Waals surface area (Å²) < 4.78 is 40.3. The highest BCUT2D eigenvalue weighted by molar-refractivity contribution is 8.13. The van der Waals surface area contributed by atoms with Crippen LogP contribution >= 0.6 is 10.7 Å². The molecule has 0 radical (unpaired) electrons. The van der Waals surface area contributed by atoms with Crippen molar-refractivity contribution in [2.45, 2.75) is 24.7 Å². The van der Waals surface area contributed by atoms with Gasteiger partial charge in [0.05, 0.1) is 6.61 Å². The summed E-state index contributed by atoms with van der Waals surface area (Å²) in [5.41, 5.74) is 0. The molecule has 0 aliphatic rings. The van der Waals surface area contributed by atoms with Crippen molar-refractivity contribution < 1.29 is 17.5 Å². The second-order valence-corrected chi connectivity index (χ2v) is 5.77. The van der Waals surface area contributed by atoms with Gasteiger partial charge in [-0.15, -0.1) is 0 Å². The minimum absolute atomic E-state index is 0.301. The highest BCUT2D eigenvalue weighted by Gasteiger charge is 2.16. The fourth-order valence-corrected chi connectivity index (χ4v) is 2.00. The van der Waals surface area contributed by atoms with Gasteiger partial charge in [0.25, 0.3) is 9.05 Å². The van der Waals surface area contributed by atoms with Crippen LogP contribution in [-0.4, -0.2) is 15.0 Å². The zero-order valence-corrected chi connectivity index (χ0v) is 10.3. The summed E-state index contributed by atoms with van der Waals surface area (Å²) in [6.45, 7) is 2.48. The number of ether oxygens (including phenoxy) is 1. The van der Waals surface area contributed by atoms with E-state index in [1.165, 1.54) is 6.07 Å². The standard InChI is InChI=1S/C10H12ClFO3S/c1-2-3-6-15-8-4-5-10(9(12)7-8)16(11,13)14/h4-5,7H,2-3,6H2,1H3. The molecular formula is C10H12ClFO3S. The van der Waals surface area contributed by atoms with Crippen molar-refractivity contribution >= 4 is 19.7 Å². The van der Waals surface area contributed by atoms with Gasteiger partial charge in [0.15, 0.2) is 0 Å². The van der Waals surface area contributed by atoms with Crippen LogP contribution in [0.4, 0.5) is 4.39 Å². The van der Waals surface area contributed by atoms with Crippen molar-refractivity contribution in [1.29, 1.82) is 0 Å². The van der Waals surface area contributed by atoms with Crippen LogP contribution in [0.3, 0.4) is 0 Å². The topological polar surface area (TPSA) is 43.4 Å². The van der Waals surface area contributed by atoms with Gasteiger partial charge in [-0.05, 0) is 18.6 Å². The van der Waals surface area contributed by atoms with Gasteiger partial charge in [-0.1, -0.05) is 13.3 Å².